The van der Waals surface area contributed by atoms with Crippen LogP contribution < -0.4 is 14.2 Å². The van der Waals surface area contributed by atoms with Gasteiger partial charge < -0.3 is 14.2 Å². The quantitative estimate of drug-likeness (QED) is 0.784. The third kappa shape index (κ3) is 3.84. The van der Waals surface area contributed by atoms with Crippen LogP contribution in [0.4, 0.5) is 4.79 Å². The van der Waals surface area contributed by atoms with Gasteiger partial charge in [0.1, 0.15) is 0 Å². The molecule has 2 heterocycles. The molecule has 0 atom stereocenters. The van der Waals surface area contributed by atoms with E-state index in [-0.39, 0.29) is 0 Å². The first-order chi connectivity index (χ1) is 10.9. The number of hydrogen-bond acceptors (Lipinski definition) is 6. The van der Waals surface area contributed by atoms with Crippen molar-refractivity contribution in [2.24, 2.45) is 0 Å². The Bertz CT molecular complexity index is 587. The van der Waals surface area contributed by atoms with Crippen LogP contribution in [0.1, 0.15) is 33.1 Å². The van der Waals surface area contributed by atoms with Crippen molar-refractivity contribution in [3.8, 4) is 17.2 Å². The van der Waals surface area contributed by atoms with E-state index in [2.05, 4.69) is 4.31 Å². The number of hydrogen-bond donors (Lipinski definition) is 0. The summed E-state index contributed by atoms with van der Waals surface area (Å²) in [6.07, 6.45) is 3.17. The lowest BCUT2D eigenvalue weighted by Crippen LogP contribution is -2.32. The van der Waals surface area contributed by atoms with Crippen molar-refractivity contribution in [2.75, 3.05) is 20.1 Å². The first-order valence-electron chi connectivity index (χ1n) is 7.84. The molecule has 0 aromatic heterocycles. The van der Waals surface area contributed by atoms with Crippen molar-refractivity contribution in [3.05, 3.63) is 18.2 Å². The summed E-state index contributed by atoms with van der Waals surface area (Å²) in [4.78, 5) is 12.3. The maximum atomic E-state index is 12.3. The summed E-state index contributed by atoms with van der Waals surface area (Å²) in [6, 6.07) is 5.29. The Morgan fingerprint density at radius 1 is 1.26 bits per heavy atom. The van der Waals surface area contributed by atoms with Crippen LogP contribution in [0.25, 0.3) is 0 Å². The van der Waals surface area contributed by atoms with Gasteiger partial charge in [-0.25, -0.2) is 13.4 Å². The molecule has 0 bridgehead atoms. The standard InChI is InChI=1S/C16H22N2O4S/c1-16(2)21-13-9-7-8-12(14(13)22-16)20-15(19)17(3)23-18-10-5-4-6-11-18/h7-9H,4-6,10-11H2,1-3H3. The van der Waals surface area contributed by atoms with Gasteiger partial charge in [0, 0.05) is 46.1 Å². The monoisotopic (exact) mass is 338 g/mol. The molecule has 0 N–H and O–H groups in total. The molecule has 2 aliphatic heterocycles. The molecule has 3 rings (SSSR count). The van der Waals surface area contributed by atoms with E-state index in [4.69, 9.17) is 14.2 Å². The number of benzene rings is 1. The first-order valence-corrected chi connectivity index (χ1v) is 8.57. The minimum atomic E-state index is -0.751. The predicted molar refractivity (Wildman–Crippen MR) is 88.6 cm³/mol. The molecule has 0 saturated carbocycles. The van der Waals surface area contributed by atoms with Gasteiger partial charge in [-0.3, -0.25) is 0 Å². The zero-order valence-corrected chi connectivity index (χ0v) is 14.5. The second kappa shape index (κ2) is 6.49. The second-order valence-corrected chi connectivity index (χ2v) is 7.35. The van der Waals surface area contributed by atoms with E-state index in [0.717, 1.165) is 13.1 Å². The summed E-state index contributed by atoms with van der Waals surface area (Å²) < 4.78 is 20.6. The number of fused-ring (bicyclic) bond motifs is 1. The fraction of sp³-hybridized carbons (Fsp3) is 0.562. The van der Waals surface area contributed by atoms with E-state index in [1.54, 1.807) is 25.2 Å². The maximum Gasteiger partial charge on any atom is 0.426 e. The average Bonchev–Trinajstić information content (AvgIpc) is 2.83. The van der Waals surface area contributed by atoms with Crippen molar-refractivity contribution < 1.29 is 19.0 Å². The Morgan fingerprint density at radius 2 is 2.00 bits per heavy atom. The zero-order chi connectivity index (χ0) is 16.4. The minimum Gasteiger partial charge on any atom is -0.449 e. The Kier molecular flexibility index (Phi) is 4.59. The highest BCUT2D eigenvalue weighted by molar-refractivity contribution is 7.95. The predicted octanol–water partition coefficient (Wildman–Crippen LogP) is 3.67. The van der Waals surface area contributed by atoms with Crippen molar-refractivity contribution >= 4 is 18.2 Å². The van der Waals surface area contributed by atoms with Crippen LogP contribution in [-0.2, 0) is 0 Å². The molecule has 0 radical (unpaired) electrons. The van der Waals surface area contributed by atoms with Crippen LogP contribution in [0.5, 0.6) is 17.2 Å². The van der Waals surface area contributed by atoms with E-state index in [1.807, 2.05) is 13.8 Å². The number of ether oxygens (including phenoxy) is 3. The molecule has 23 heavy (non-hydrogen) atoms. The van der Waals surface area contributed by atoms with E-state index in [9.17, 15) is 4.79 Å². The van der Waals surface area contributed by atoms with Gasteiger partial charge in [0.25, 0.3) is 0 Å². The van der Waals surface area contributed by atoms with Crippen molar-refractivity contribution in [2.45, 2.75) is 38.9 Å². The number of nitrogens with zero attached hydrogens (tertiary/aromatic N) is 2. The fourth-order valence-electron chi connectivity index (χ4n) is 2.60. The summed E-state index contributed by atoms with van der Waals surface area (Å²) >= 11 is 1.40. The van der Waals surface area contributed by atoms with Gasteiger partial charge >= 0.3 is 6.09 Å². The highest BCUT2D eigenvalue weighted by atomic mass is 32.2. The Hall–Kier alpha value is -1.60. The topological polar surface area (TPSA) is 51.2 Å². The SMILES string of the molecule is CN(SN1CCCCC1)C(=O)Oc1cccc2c1OC(C)(C)O2. The van der Waals surface area contributed by atoms with Crippen LogP contribution in [0.3, 0.4) is 0 Å². The number of para-hydroxylation sites is 1. The van der Waals surface area contributed by atoms with E-state index in [0.29, 0.717) is 17.2 Å². The van der Waals surface area contributed by atoms with Crippen LogP contribution >= 0.6 is 12.1 Å². The number of piperidine rings is 1. The van der Waals surface area contributed by atoms with Crippen LogP contribution in [-0.4, -0.2) is 40.6 Å². The molecule has 1 aromatic rings. The Balaban J connectivity index is 1.63. The summed E-state index contributed by atoms with van der Waals surface area (Å²) in [5.74, 6) is 0.692. The molecule has 1 fully saturated rings. The summed E-state index contributed by atoms with van der Waals surface area (Å²) in [6.45, 7) is 5.62. The smallest absolute Gasteiger partial charge is 0.426 e. The maximum absolute atomic E-state index is 12.3. The number of amides is 1. The molecule has 0 unspecified atom stereocenters. The second-order valence-electron chi connectivity index (χ2n) is 6.12. The van der Waals surface area contributed by atoms with Crippen molar-refractivity contribution in [1.82, 2.24) is 8.61 Å². The van der Waals surface area contributed by atoms with Crippen molar-refractivity contribution in [3.63, 3.8) is 0 Å². The summed E-state index contributed by atoms with van der Waals surface area (Å²) in [5, 5.41) is 0. The lowest BCUT2D eigenvalue weighted by Gasteiger charge is -2.28. The molecule has 1 amide bonds. The number of rotatable bonds is 3. The van der Waals surface area contributed by atoms with Gasteiger partial charge in [-0.2, -0.15) is 0 Å². The molecule has 126 valence electrons. The van der Waals surface area contributed by atoms with Gasteiger partial charge in [0.2, 0.25) is 11.5 Å². The van der Waals surface area contributed by atoms with Crippen LogP contribution in [0, 0.1) is 0 Å². The van der Waals surface area contributed by atoms with Gasteiger partial charge in [0.15, 0.2) is 11.5 Å². The van der Waals surface area contributed by atoms with Crippen LogP contribution in [0.2, 0.25) is 0 Å². The zero-order valence-electron chi connectivity index (χ0n) is 13.7. The number of carbonyl (C=O) groups excluding carboxylic acids is 1. The number of carbonyl (C=O) groups is 1. The highest BCUT2D eigenvalue weighted by Crippen LogP contribution is 2.45. The van der Waals surface area contributed by atoms with E-state index >= 15 is 0 Å². The van der Waals surface area contributed by atoms with Crippen LogP contribution in [0.15, 0.2) is 18.2 Å². The third-order valence-electron chi connectivity index (χ3n) is 3.65. The molecular formula is C16H22N2O4S. The molecular weight excluding hydrogens is 316 g/mol. The average molecular weight is 338 g/mol. The lowest BCUT2D eigenvalue weighted by atomic mass is 10.2. The summed E-state index contributed by atoms with van der Waals surface area (Å²) in [7, 11) is 1.71. The normalized spacial score (nSPS) is 19.4. The van der Waals surface area contributed by atoms with E-state index < -0.39 is 11.9 Å². The van der Waals surface area contributed by atoms with Gasteiger partial charge in [-0.15, -0.1) is 0 Å². The van der Waals surface area contributed by atoms with Gasteiger partial charge in [-0.05, 0) is 25.0 Å². The third-order valence-corrected chi connectivity index (χ3v) is 4.64. The lowest BCUT2D eigenvalue weighted by molar-refractivity contribution is -0.0439. The highest BCUT2D eigenvalue weighted by Gasteiger charge is 2.35. The molecule has 1 aromatic carbocycles. The summed E-state index contributed by atoms with van der Waals surface area (Å²) in [5.41, 5.74) is 0. The first kappa shape index (κ1) is 16.3. The van der Waals surface area contributed by atoms with Gasteiger partial charge in [0.05, 0.1) is 0 Å². The molecule has 0 aliphatic carbocycles. The molecule has 6 nitrogen and oxygen atoms in total. The van der Waals surface area contributed by atoms with Crippen molar-refractivity contribution in [1.29, 1.82) is 0 Å². The molecule has 0 spiro atoms. The molecule has 1 saturated heterocycles. The molecule has 2 aliphatic rings. The Morgan fingerprint density at radius 3 is 2.74 bits per heavy atom. The minimum absolute atomic E-state index is 0.379. The molecule has 7 heteroatoms. The largest absolute Gasteiger partial charge is 0.449 e. The fourth-order valence-corrected chi connectivity index (χ4v) is 3.47. The van der Waals surface area contributed by atoms with Gasteiger partial charge in [-0.1, -0.05) is 12.5 Å². The Labute approximate surface area is 140 Å². The van der Waals surface area contributed by atoms with E-state index in [1.165, 1.54) is 35.7 Å².